The van der Waals surface area contributed by atoms with Crippen LogP contribution >= 0.6 is 11.6 Å². The zero-order chi connectivity index (χ0) is 15.3. The molecule has 1 amide bonds. The molecule has 0 spiro atoms. The first kappa shape index (κ1) is 13.4. The van der Waals surface area contributed by atoms with E-state index in [0.29, 0.717) is 17.3 Å². The zero-order valence-corrected chi connectivity index (χ0v) is 12.7. The van der Waals surface area contributed by atoms with E-state index in [1.54, 1.807) is 29.1 Å². The number of halogens is 1. The summed E-state index contributed by atoms with van der Waals surface area (Å²) < 4.78 is 7.08. The Kier molecular flexibility index (Phi) is 2.97. The lowest BCUT2D eigenvalue weighted by molar-refractivity contribution is 0.0664. The SMILES string of the molecule is CC1c2ccoc2CCN1C(=O)c1cc2ccc(Cl)cn2n1. The summed E-state index contributed by atoms with van der Waals surface area (Å²) in [7, 11) is 0. The summed E-state index contributed by atoms with van der Waals surface area (Å²) in [6.07, 6.45) is 4.11. The molecule has 0 saturated heterocycles. The van der Waals surface area contributed by atoms with Crippen LogP contribution in [-0.4, -0.2) is 27.0 Å². The van der Waals surface area contributed by atoms with Crippen LogP contribution in [0, 0.1) is 0 Å². The summed E-state index contributed by atoms with van der Waals surface area (Å²) in [5, 5.41) is 4.93. The molecule has 1 aliphatic rings. The number of hydrogen-bond acceptors (Lipinski definition) is 3. The Morgan fingerprint density at radius 1 is 1.41 bits per heavy atom. The van der Waals surface area contributed by atoms with Crippen LogP contribution in [0.4, 0.5) is 0 Å². The molecule has 0 aromatic carbocycles. The van der Waals surface area contributed by atoms with Gasteiger partial charge in [0, 0.05) is 24.7 Å². The van der Waals surface area contributed by atoms with Crippen LogP contribution in [0.15, 0.2) is 41.1 Å². The third-order valence-electron chi connectivity index (χ3n) is 4.18. The Labute approximate surface area is 132 Å². The Balaban J connectivity index is 1.68. The highest BCUT2D eigenvalue weighted by Gasteiger charge is 2.31. The molecule has 1 aliphatic heterocycles. The van der Waals surface area contributed by atoms with Gasteiger partial charge in [-0.1, -0.05) is 11.6 Å². The molecule has 0 N–H and O–H groups in total. The molecule has 0 aliphatic carbocycles. The van der Waals surface area contributed by atoms with Gasteiger partial charge >= 0.3 is 0 Å². The van der Waals surface area contributed by atoms with Gasteiger partial charge in [-0.15, -0.1) is 0 Å². The average Bonchev–Trinajstić information content (AvgIpc) is 3.12. The van der Waals surface area contributed by atoms with Crippen molar-refractivity contribution >= 4 is 23.0 Å². The lowest BCUT2D eigenvalue weighted by Gasteiger charge is -2.32. The molecule has 1 atom stereocenters. The summed E-state index contributed by atoms with van der Waals surface area (Å²) >= 11 is 5.96. The molecule has 1 unspecified atom stereocenters. The maximum Gasteiger partial charge on any atom is 0.274 e. The highest BCUT2D eigenvalue weighted by molar-refractivity contribution is 6.30. The molecule has 0 radical (unpaired) electrons. The fraction of sp³-hybridized carbons (Fsp3) is 0.250. The third-order valence-corrected chi connectivity index (χ3v) is 4.40. The Bertz CT molecular complexity index is 867. The van der Waals surface area contributed by atoms with Gasteiger partial charge in [0.2, 0.25) is 0 Å². The predicted octanol–water partition coefficient (Wildman–Crippen LogP) is 3.34. The van der Waals surface area contributed by atoms with E-state index < -0.39 is 0 Å². The number of fused-ring (bicyclic) bond motifs is 2. The monoisotopic (exact) mass is 315 g/mol. The van der Waals surface area contributed by atoms with Crippen molar-refractivity contribution in [1.29, 1.82) is 0 Å². The minimum absolute atomic E-state index is 0.0107. The van der Waals surface area contributed by atoms with Crippen LogP contribution in [0.2, 0.25) is 5.02 Å². The van der Waals surface area contributed by atoms with Gasteiger partial charge in [-0.3, -0.25) is 4.79 Å². The molecule has 0 fully saturated rings. The second-order valence-electron chi connectivity index (χ2n) is 5.47. The topological polar surface area (TPSA) is 50.8 Å². The number of aromatic nitrogens is 2. The molecular weight excluding hydrogens is 302 g/mol. The summed E-state index contributed by atoms with van der Waals surface area (Å²) in [6.45, 7) is 2.65. The fourth-order valence-electron chi connectivity index (χ4n) is 3.00. The number of carbonyl (C=O) groups excluding carboxylic acids is 1. The minimum atomic E-state index is -0.0702. The second kappa shape index (κ2) is 4.88. The quantitative estimate of drug-likeness (QED) is 0.692. The van der Waals surface area contributed by atoms with Crippen LogP contribution in [0.25, 0.3) is 5.52 Å². The van der Waals surface area contributed by atoms with Crippen molar-refractivity contribution in [3.8, 4) is 0 Å². The lowest BCUT2D eigenvalue weighted by atomic mass is 10.0. The van der Waals surface area contributed by atoms with Crippen LogP contribution in [0.3, 0.4) is 0 Å². The van der Waals surface area contributed by atoms with Gasteiger partial charge in [-0.05, 0) is 31.2 Å². The first-order valence-electron chi connectivity index (χ1n) is 7.15. The van der Waals surface area contributed by atoms with E-state index in [-0.39, 0.29) is 11.9 Å². The van der Waals surface area contributed by atoms with Gasteiger partial charge in [0.1, 0.15) is 5.76 Å². The first-order chi connectivity index (χ1) is 10.6. The molecule has 4 heterocycles. The van der Waals surface area contributed by atoms with E-state index in [4.69, 9.17) is 16.0 Å². The molecule has 3 aromatic rings. The molecule has 4 rings (SSSR count). The summed E-state index contributed by atoms with van der Waals surface area (Å²) in [4.78, 5) is 14.6. The smallest absolute Gasteiger partial charge is 0.274 e. The maximum atomic E-state index is 12.8. The molecule has 5 nitrogen and oxygen atoms in total. The lowest BCUT2D eigenvalue weighted by Crippen LogP contribution is -2.38. The van der Waals surface area contributed by atoms with Crippen molar-refractivity contribution in [3.63, 3.8) is 0 Å². The molecular formula is C16H14ClN3O2. The maximum absolute atomic E-state index is 12.8. The van der Waals surface area contributed by atoms with Gasteiger partial charge in [0.25, 0.3) is 5.91 Å². The average molecular weight is 316 g/mol. The first-order valence-corrected chi connectivity index (χ1v) is 7.53. The molecule has 0 bridgehead atoms. The molecule has 22 heavy (non-hydrogen) atoms. The van der Waals surface area contributed by atoms with Gasteiger partial charge in [0.05, 0.1) is 22.8 Å². The number of furan rings is 1. The molecule has 0 saturated carbocycles. The molecule has 3 aromatic heterocycles. The number of amides is 1. The second-order valence-corrected chi connectivity index (χ2v) is 5.91. The van der Waals surface area contributed by atoms with Crippen molar-refractivity contribution in [2.45, 2.75) is 19.4 Å². The Morgan fingerprint density at radius 2 is 2.27 bits per heavy atom. The van der Waals surface area contributed by atoms with E-state index in [0.717, 1.165) is 23.3 Å². The predicted molar refractivity (Wildman–Crippen MR) is 82.1 cm³/mol. The minimum Gasteiger partial charge on any atom is -0.469 e. The van der Waals surface area contributed by atoms with E-state index in [9.17, 15) is 4.79 Å². The van der Waals surface area contributed by atoms with Gasteiger partial charge in [-0.25, -0.2) is 4.52 Å². The number of nitrogens with zero attached hydrogens (tertiary/aromatic N) is 3. The largest absolute Gasteiger partial charge is 0.469 e. The van der Waals surface area contributed by atoms with Gasteiger partial charge < -0.3 is 9.32 Å². The molecule has 6 heteroatoms. The number of carbonyl (C=O) groups is 1. The van der Waals surface area contributed by atoms with Gasteiger partial charge in [0.15, 0.2) is 5.69 Å². The van der Waals surface area contributed by atoms with E-state index in [1.165, 1.54) is 0 Å². The zero-order valence-electron chi connectivity index (χ0n) is 12.0. The van der Waals surface area contributed by atoms with Crippen LogP contribution in [0.5, 0.6) is 0 Å². The van der Waals surface area contributed by atoms with Crippen molar-refractivity contribution in [2.24, 2.45) is 0 Å². The number of rotatable bonds is 1. The van der Waals surface area contributed by atoms with Crippen LogP contribution in [-0.2, 0) is 6.42 Å². The summed E-state index contributed by atoms with van der Waals surface area (Å²) in [6, 6.07) is 7.34. The van der Waals surface area contributed by atoms with Crippen molar-refractivity contribution in [2.75, 3.05) is 6.54 Å². The molecule has 112 valence electrons. The van der Waals surface area contributed by atoms with Crippen molar-refractivity contribution in [3.05, 3.63) is 58.8 Å². The van der Waals surface area contributed by atoms with Gasteiger partial charge in [-0.2, -0.15) is 5.10 Å². The normalized spacial score (nSPS) is 17.7. The van der Waals surface area contributed by atoms with E-state index in [1.807, 2.05) is 24.0 Å². The Morgan fingerprint density at radius 3 is 3.14 bits per heavy atom. The highest BCUT2D eigenvalue weighted by atomic mass is 35.5. The van der Waals surface area contributed by atoms with E-state index >= 15 is 0 Å². The summed E-state index contributed by atoms with van der Waals surface area (Å²) in [5.74, 6) is 0.900. The van der Waals surface area contributed by atoms with Crippen LogP contribution < -0.4 is 0 Å². The summed E-state index contributed by atoms with van der Waals surface area (Å²) in [5.41, 5.74) is 2.36. The number of hydrogen-bond donors (Lipinski definition) is 0. The standard InChI is InChI=1S/C16H14ClN3O2/c1-10-13-5-7-22-15(13)4-6-19(10)16(21)14-8-12-3-2-11(17)9-20(12)18-14/h2-3,5,7-10H,4,6H2,1H3. The Hall–Kier alpha value is -2.27. The van der Waals surface area contributed by atoms with Crippen molar-refractivity contribution in [1.82, 2.24) is 14.5 Å². The van der Waals surface area contributed by atoms with Crippen molar-refractivity contribution < 1.29 is 9.21 Å². The third kappa shape index (κ3) is 2.01. The van der Waals surface area contributed by atoms with Crippen LogP contribution in [0.1, 0.15) is 34.8 Å². The highest BCUT2D eigenvalue weighted by Crippen LogP contribution is 2.31. The fourth-order valence-corrected chi connectivity index (χ4v) is 3.16. The van der Waals surface area contributed by atoms with E-state index in [2.05, 4.69) is 5.10 Å². The number of pyridine rings is 1.